The van der Waals surface area contributed by atoms with Gasteiger partial charge in [-0.2, -0.15) is 0 Å². The van der Waals surface area contributed by atoms with Crippen LogP contribution in [0, 0.1) is 5.92 Å². The maximum atomic E-state index is 5.40. The van der Waals surface area contributed by atoms with E-state index in [0.29, 0.717) is 5.92 Å². The third-order valence-electron chi connectivity index (χ3n) is 3.73. The Morgan fingerprint density at radius 3 is 2.43 bits per heavy atom. The Kier molecular flexibility index (Phi) is 5.53. The van der Waals surface area contributed by atoms with Gasteiger partial charge in [-0.05, 0) is 39.5 Å². The quantitative estimate of drug-likeness (QED) is 0.902. The SMILES string of the molecule is CN(CC1CCOCC1)c1ncc(CNC(C)(C)C)cn1. The van der Waals surface area contributed by atoms with Crippen molar-refractivity contribution in [3.63, 3.8) is 0 Å². The van der Waals surface area contributed by atoms with Crippen molar-refractivity contribution in [1.29, 1.82) is 0 Å². The summed E-state index contributed by atoms with van der Waals surface area (Å²) in [5.74, 6) is 1.50. The van der Waals surface area contributed by atoms with Crippen molar-refractivity contribution in [2.45, 2.75) is 45.7 Å². The summed E-state index contributed by atoms with van der Waals surface area (Å²) in [7, 11) is 2.07. The van der Waals surface area contributed by atoms with Gasteiger partial charge in [0.05, 0.1) is 0 Å². The minimum atomic E-state index is 0.110. The van der Waals surface area contributed by atoms with Crippen LogP contribution in [0.25, 0.3) is 0 Å². The lowest BCUT2D eigenvalue weighted by molar-refractivity contribution is 0.0684. The summed E-state index contributed by atoms with van der Waals surface area (Å²) in [4.78, 5) is 11.1. The second kappa shape index (κ2) is 7.18. The van der Waals surface area contributed by atoms with Crippen LogP contribution in [0.5, 0.6) is 0 Å². The van der Waals surface area contributed by atoms with Gasteiger partial charge in [-0.1, -0.05) is 0 Å². The highest BCUT2D eigenvalue weighted by molar-refractivity contribution is 5.28. The van der Waals surface area contributed by atoms with E-state index in [1.54, 1.807) is 0 Å². The zero-order valence-electron chi connectivity index (χ0n) is 13.7. The first-order valence-electron chi connectivity index (χ1n) is 7.79. The van der Waals surface area contributed by atoms with Crippen molar-refractivity contribution >= 4 is 5.95 Å². The molecule has 0 saturated carbocycles. The van der Waals surface area contributed by atoms with Gasteiger partial charge in [-0.15, -0.1) is 0 Å². The average Bonchev–Trinajstić information content (AvgIpc) is 2.46. The number of aromatic nitrogens is 2. The van der Waals surface area contributed by atoms with E-state index in [0.717, 1.165) is 50.7 Å². The highest BCUT2D eigenvalue weighted by atomic mass is 16.5. The normalized spacial score (nSPS) is 17.0. The predicted octanol–water partition coefficient (Wildman–Crippen LogP) is 2.23. The first-order chi connectivity index (χ1) is 9.94. The third-order valence-corrected chi connectivity index (χ3v) is 3.73. The predicted molar refractivity (Wildman–Crippen MR) is 85.4 cm³/mol. The maximum Gasteiger partial charge on any atom is 0.225 e. The van der Waals surface area contributed by atoms with Crippen LogP contribution in [0.3, 0.4) is 0 Å². The molecule has 0 aliphatic carbocycles. The van der Waals surface area contributed by atoms with Gasteiger partial charge in [0.15, 0.2) is 0 Å². The van der Waals surface area contributed by atoms with E-state index < -0.39 is 0 Å². The van der Waals surface area contributed by atoms with Crippen LogP contribution in [0.1, 0.15) is 39.2 Å². The van der Waals surface area contributed by atoms with Gasteiger partial charge in [-0.3, -0.25) is 0 Å². The molecule has 0 amide bonds. The number of hydrogen-bond donors (Lipinski definition) is 1. The molecule has 0 atom stereocenters. The number of anilines is 1. The number of rotatable bonds is 5. The molecule has 1 aromatic heterocycles. The molecule has 0 unspecified atom stereocenters. The third kappa shape index (κ3) is 5.59. The molecule has 1 N–H and O–H groups in total. The summed E-state index contributed by atoms with van der Waals surface area (Å²) in [5, 5.41) is 3.45. The average molecular weight is 292 g/mol. The lowest BCUT2D eigenvalue weighted by Crippen LogP contribution is -2.35. The minimum absolute atomic E-state index is 0.110. The molecule has 2 rings (SSSR count). The second-order valence-corrected chi connectivity index (χ2v) is 6.93. The molecule has 1 aromatic rings. The van der Waals surface area contributed by atoms with Crippen LogP contribution in [0.2, 0.25) is 0 Å². The molecule has 1 aliphatic rings. The zero-order valence-corrected chi connectivity index (χ0v) is 13.7. The Morgan fingerprint density at radius 2 is 1.86 bits per heavy atom. The van der Waals surface area contributed by atoms with E-state index in [4.69, 9.17) is 4.74 Å². The highest BCUT2D eigenvalue weighted by Crippen LogP contribution is 2.17. The van der Waals surface area contributed by atoms with Crippen LogP contribution in [-0.2, 0) is 11.3 Å². The van der Waals surface area contributed by atoms with Gasteiger partial charge in [0.25, 0.3) is 0 Å². The summed E-state index contributed by atoms with van der Waals surface area (Å²) in [6, 6.07) is 0. The van der Waals surface area contributed by atoms with E-state index in [1.165, 1.54) is 0 Å². The van der Waals surface area contributed by atoms with Crippen LogP contribution >= 0.6 is 0 Å². The Morgan fingerprint density at radius 1 is 1.24 bits per heavy atom. The Labute approximate surface area is 128 Å². The Hall–Kier alpha value is -1.20. The molecule has 5 heteroatoms. The van der Waals surface area contributed by atoms with Crippen molar-refractivity contribution in [1.82, 2.24) is 15.3 Å². The summed E-state index contributed by atoms with van der Waals surface area (Å²) in [5.41, 5.74) is 1.23. The fraction of sp³-hybridized carbons (Fsp3) is 0.750. The molecular formula is C16H28N4O. The summed E-state index contributed by atoms with van der Waals surface area (Å²) in [6.07, 6.45) is 6.11. The van der Waals surface area contributed by atoms with E-state index in [9.17, 15) is 0 Å². The Balaban J connectivity index is 1.85. The molecule has 0 bridgehead atoms. The van der Waals surface area contributed by atoms with Gasteiger partial charge in [0.1, 0.15) is 0 Å². The minimum Gasteiger partial charge on any atom is -0.381 e. The Bertz CT molecular complexity index is 421. The molecule has 0 radical (unpaired) electrons. The number of ether oxygens (including phenoxy) is 1. The molecular weight excluding hydrogens is 264 g/mol. The van der Waals surface area contributed by atoms with Crippen LogP contribution in [-0.4, -0.2) is 42.3 Å². The molecule has 5 nitrogen and oxygen atoms in total. The largest absolute Gasteiger partial charge is 0.381 e. The first-order valence-corrected chi connectivity index (χ1v) is 7.79. The maximum absolute atomic E-state index is 5.40. The summed E-state index contributed by atoms with van der Waals surface area (Å²) in [6.45, 7) is 10.0. The monoisotopic (exact) mass is 292 g/mol. The molecule has 1 aliphatic heterocycles. The summed E-state index contributed by atoms with van der Waals surface area (Å²) >= 11 is 0. The number of nitrogens with one attached hydrogen (secondary N) is 1. The van der Waals surface area contributed by atoms with Crippen LogP contribution in [0.4, 0.5) is 5.95 Å². The van der Waals surface area contributed by atoms with Gasteiger partial charge in [0.2, 0.25) is 5.95 Å². The van der Waals surface area contributed by atoms with Gasteiger partial charge in [0, 0.05) is 56.8 Å². The van der Waals surface area contributed by atoms with Crippen LogP contribution in [0.15, 0.2) is 12.4 Å². The lowest BCUT2D eigenvalue weighted by atomic mass is 10.00. The number of hydrogen-bond acceptors (Lipinski definition) is 5. The first kappa shape index (κ1) is 16.2. The molecule has 21 heavy (non-hydrogen) atoms. The van der Waals surface area contributed by atoms with Crippen molar-refractivity contribution in [2.75, 3.05) is 31.7 Å². The van der Waals surface area contributed by atoms with Crippen molar-refractivity contribution in [3.8, 4) is 0 Å². The molecule has 1 saturated heterocycles. The summed E-state index contributed by atoms with van der Waals surface area (Å²) < 4.78 is 5.40. The van der Waals surface area contributed by atoms with Crippen molar-refractivity contribution < 1.29 is 4.74 Å². The molecule has 118 valence electrons. The fourth-order valence-corrected chi connectivity index (χ4v) is 2.40. The van der Waals surface area contributed by atoms with Crippen molar-refractivity contribution in [2.24, 2.45) is 5.92 Å². The van der Waals surface area contributed by atoms with Gasteiger partial charge < -0.3 is 15.0 Å². The fourth-order valence-electron chi connectivity index (χ4n) is 2.40. The van der Waals surface area contributed by atoms with Crippen LogP contribution < -0.4 is 10.2 Å². The topological polar surface area (TPSA) is 50.3 Å². The number of nitrogens with zero attached hydrogens (tertiary/aromatic N) is 3. The zero-order chi connectivity index (χ0) is 15.3. The molecule has 0 aromatic carbocycles. The molecule has 0 spiro atoms. The standard InChI is InChI=1S/C16H28N4O/c1-16(2,3)19-11-14-9-17-15(18-10-14)20(4)12-13-5-7-21-8-6-13/h9-10,13,19H,5-8,11-12H2,1-4H3. The second-order valence-electron chi connectivity index (χ2n) is 6.93. The van der Waals surface area contributed by atoms with Gasteiger partial charge in [-0.25, -0.2) is 9.97 Å². The smallest absolute Gasteiger partial charge is 0.225 e. The van der Waals surface area contributed by atoms with E-state index in [2.05, 4.69) is 48.0 Å². The van der Waals surface area contributed by atoms with Gasteiger partial charge >= 0.3 is 0 Å². The molecule has 1 fully saturated rings. The van der Waals surface area contributed by atoms with E-state index >= 15 is 0 Å². The van der Waals surface area contributed by atoms with E-state index in [-0.39, 0.29) is 5.54 Å². The highest BCUT2D eigenvalue weighted by Gasteiger charge is 2.17. The lowest BCUT2D eigenvalue weighted by Gasteiger charge is -2.27. The van der Waals surface area contributed by atoms with E-state index in [1.807, 2.05) is 12.4 Å². The molecule has 2 heterocycles. The van der Waals surface area contributed by atoms with Crippen molar-refractivity contribution in [3.05, 3.63) is 18.0 Å².